The molecule has 0 radical (unpaired) electrons. The molecule has 0 aromatic heterocycles. The first kappa shape index (κ1) is 6.12. The molecule has 0 aromatic carbocycles. The molecule has 0 aromatic rings. The number of rotatable bonds is 1. The van der Waals surface area contributed by atoms with Gasteiger partial charge in [0.05, 0.1) is 19.5 Å². The van der Waals surface area contributed by atoms with Crippen LogP contribution in [0.25, 0.3) is 0 Å². The molecule has 0 aliphatic carbocycles. The fourth-order valence-electron chi connectivity index (χ4n) is 1.20. The number of ether oxygens (including phenoxy) is 1. The average molecular weight is 141 g/mol. The molecule has 0 spiro atoms. The Hall–Kier alpha value is -0.610. The maximum atomic E-state index is 5.36. The molecule has 56 valence electrons. The molecule has 2 aliphatic rings. The van der Waals surface area contributed by atoms with Crippen LogP contribution in [0.15, 0.2) is 4.99 Å². The van der Waals surface area contributed by atoms with Gasteiger partial charge < -0.3 is 9.64 Å². The van der Waals surface area contributed by atoms with Crippen LogP contribution < -0.4 is 5.32 Å². The molecular weight excluding hydrogens is 130 g/mol. The van der Waals surface area contributed by atoms with Gasteiger partial charge in [0.1, 0.15) is 0 Å². The number of nitrogens with one attached hydrogen (secondary N) is 1. The van der Waals surface area contributed by atoms with Crippen molar-refractivity contribution in [2.24, 2.45) is 4.99 Å². The standard InChI is InChI=1S/C6H11N3O/c1-3-9(5-7-1)6-8-2-4-10-6/h5-6,8H,1-4H2. The van der Waals surface area contributed by atoms with Gasteiger partial charge in [0.2, 0.25) is 0 Å². The van der Waals surface area contributed by atoms with Gasteiger partial charge in [-0.3, -0.25) is 10.3 Å². The largest absolute Gasteiger partial charge is 0.344 e. The Labute approximate surface area is 59.9 Å². The fraction of sp³-hybridized carbons (Fsp3) is 0.833. The lowest BCUT2D eigenvalue weighted by atomic mass is 10.6. The van der Waals surface area contributed by atoms with E-state index in [1.807, 2.05) is 6.34 Å². The van der Waals surface area contributed by atoms with E-state index in [-0.39, 0.29) is 6.35 Å². The van der Waals surface area contributed by atoms with Crippen molar-refractivity contribution in [3.05, 3.63) is 0 Å². The van der Waals surface area contributed by atoms with Crippen LogP contribution in [0.3, 0.4) is 0 Å². The van der Waals surface area contributed by atoms with E-state index in [1.54, 1.807) is 0 Å². The van der Waals surface area contributed by atoms with Crippen LogP contribution in [0, 0.1) is 0 Å². The Morgan fingerprint density at radius 3 is 3.30 bits per heavy atom. The van der Waals surface area contributed by atoms with Crippen LogP contribution in [-0.2, 0) is 4.74 Å². The highest BCUT2D eigenvalue weighted by molar-refractivity contribution is 5.57. The summed E-state index contributed by atoms with van der Waals surface area (Å²) in [6.45, 7) is 3.66. The zero-order chi connectivity index (χ0) is 6.81. The molecule has 0 saturated carbocycles. The zero-order valence-electron chi connectivity index (χ0n) is 5.79. The molecule has 0 amide bonds. The SMILES string of the molecule is C1=NCCN1C1NCCO1. The van der Waals surface area contributed by atoms with Crippen molar-refractivity contribution in [2.45, 2.75) is 6.35 Å². The molecular formula is C6H11N3O. The second-order valence-corrected chi connectivity index (χ2v) is 2.44. The predicted octanol–water partition coefficient (Wildman–Crippen LogP) is -0.766. The van der Waals surface area contributed by atoms with Crippen molar-refractivity contribution in [1.29, 1.82) is 0 Å². The summed E-state index contributed by atoms with van der Waals surface area (Å²) in [5.74, 6) is 0. The first-order chi connectivity index (χ1) is 4.97. The third kappa shape index (κ3) is 0.998. The second-order valence-electron chi connectivity index (χ2n) is 2.44. The number of hydrogen-bond acceptors (Lipinski definition) is 4. The molecule has 2 rings (SSSR count). The number of hydrogen-bond donors (Lipinski definition) is 1. The minimum atomic E-state index is 0.0891. The maximum Gasteiger partial charge on any atom is 0.187 e. The topological polar surface area (TPSA) is 36.9 Å². The van der Waals surface area contributed by atoms with Gasteiger partial charge in [-0.15, -0.1) is 0 Å². The van der Waals surface area contributed by atoms with Crippen LogP contribution >= 0.6 is 0 Å². The molecule has 1 saturated heterocycles. The highest BCUT2D eigenvalue weighted by Crippen LogP contribution is 2.03. The summed E-state index contributed by atoms with van der Waals surface area (Å²) in [5.41, 5.74) is 0. The summed E-state index contributed by atoms with van der Waals surface area (Å²) >= 11 is 0. The predicted molar refractivity (Wildman–Crippen MR) is 37.8 cm³/mol. The van der Waals surface area contributed by atoms with Crippen LogP contribution in [0.5, 0.6) is 0 Å². The van der Waals surface area contributed by atoms with Crippen molar-refractivity contribution < 1.29 is 4.74 Å². The molecule has 1 unspecified atom stereocenters. The van der Waals surface area contributed by atoms with Gasteiger partial charge >= 0.3 is 0 Å². The van der Waals surface area contributed by atoms with Crippen LogP contribution in [0.1, 0.15) is 0 Å². The summed E-state index contributed by atoms with van der Waals surface area (Å²) in [7, 11) is 0. The third-order valence-electron chi connectivity index (χ3n) is 1.72. The summed E-state index contributed by atoms with van der Waals surface area (Å²) in [6, 6.07) is 0. The van der Waals surface area contributed by atoms with Gasteiger partial charge in [-0.25, -0.2) is 0 Å². The Bertz CT molecular complexity index is 142. The normalized spacial score (nSPS) is 32.0. The smallest absolute Gasteiger partial charge is 0.187 e. The molecule has 1 atom stereocenters. The van der Waals surface area contributed by atoms with Gasteiger partial charge in [0, 0.05) is 13.1 Å². The van der Waals surface area contributed by atoms with Gasteiger partial charge in [-0.05, 0) is 0 Å². The molecule has 1 N–H and O–H groups in total. The quantitative estimate of drug-likeness (QED) is 0.521. The molecule has 4 heteroatoms. The lowest BCUT2D eigenvalue weighted by Gasteiger charge is -2.20. The molecule has 2 heterocycles. The van der Waals surface area contributed by atoms with E-state index in [0.717, 1.165) is 26.2 Å². The Morgan fingerprint density at radius 2 is 2.70 bits per heavy atom. The van der Waals surface area contributed by atoms with E-state index in [1.165, 1.54) is 0 Å². The fourth-order valence-corrected chi connectivity index (χ4v) is 1.20. The van der Waals surface area contributed by atoms with Crippen LogP contribution in [0.2, 0.25) is 0 Å². The summed E-state index contributed by atoms with van der Waals surface area (Å²) in [5, 5.41) is 3.21. The Morgan fingerprint density at radius 1 is 1.70 bits per heavy atom. The summed E-state index contributed by atoms with van der Waals surface area (Å²) in [4.78, 5) is 6.17. The van der Waals surface area contributed by atoms with Gasteiger partial charge in [-0.1, -0.05) is 0 Å². The van der Waals surface area contributed by atoms with E-state index < -0.39 is 0 Å². The monoisotopic (exact) mass is 141 g/mol. The molecule has 2 aliphatic heterocycles. The van der Waals surface area contributed by atoms with Crippen LogP contribution in [0.4, 0.5) is 0 Å². The first-order valence-corrected chi connectivity index (χ1v) is 3.57. The van der Waals surface area contributed by atoms with Crippen molar-refractivity contribution in [2.75, 3.05) is 26.2 Å². The third-order valence-corrected chi connectivity index (χ3v) is 1.72. The van der Waals surface area contributed by atoms with Crippen molar-refractivity contribution in [3.63, 3.8) is 0 Å². The molecule has 4 nitrogen and oxygen atoms in total. The van der Waals surface area contributed by atoms with Crippen molar-refractivity contribution in [3.8, 4) is 0 Å². The molecule has 0 bridgehead atoms. The summed E-state index contributed by atoms with van der Waals surface area (Å²) < 4.78 is 5.36. The lowest BCUT2D eigenvalue weighted by Crippen LogP contribution is -2.40. The van der Waals surface area contributed by atoms with Crippen molar-refractivity contribution in [1.82, 2.24) is 10.2 Å². The maximum absolute atomic E-state index is 5.36. The summed E-state index contributed by atoms with van der Waals surface area (Å²) in [6.07, 6.45) is 1.94. The lowest BCUT2D eigenvalue weighted by molar-refractivity contribution is 0.0160. The van der Waals surface area contributed by atoms with E-state index in [0.29, 0.717) is 0 Å². The number of aliphatic imine (C=N–C) groups is 1. The van der Waals surface area contributed by atoms with E-state index in [2.05, 4.69) is 15.2 Å². The Kier molecular flexibility index (Phi) is 1.56. The first-order valence-electron chi connectivity index (χ1n) is 3.57. The molecule has 10 heavy (non-hydrogen) atoms. The van der Waals surface area contributed by atoms with Crippen LogP contribution in [-0.4, -0.2) is 43.8 Å². The second kappa shape index (κ2) is 2.56. The van der Waals surface area contributed by atoms with Gasteiger partial charge in [0.25, 0.3) is 0 Å². The number of nitrogens with zero attached hydrogens (tertiary/aromatic N) is 2. The van der Waals surface area contributed by atoms with E-state index in [4.69, 9.17) is 4.74 Å². The minimum absolute atomic E-state index is 0.0891. The van der Waals surface area contributed by atoms with Gasteiger partial charge in [-0.2, -0.15) is 0 Å². The average Bonchev–Trinajstić information content (AvgIpc) is 2.59. The minimum Gasteiger partial charge on any atom is -0.344 e. The zero-order valence-corrected chi connectivity index (χ0v) is 5.79. The highest BCUT2D eigenvalue weighted by Gasteiger charge is 2.21. The highest BCUT2D eigenvalue weighted by atomic mass is 16.5. The van der Waals surface area contributed by atoms with Gasteiger partial charge in [0.15, 0.2) is 6.35 Å². The van der Waals surface area contributed by atoms with E-state index in [9.17, 15) is 0 Å². The Balaban J connectivity index is 1.91. The molecule has 1 fully saturated rings. The van der Waals surface area contributed by atoms with Crippen molar-refractivity contribution >= 4 is 6.34 Å². The van der Waals surface area contributed by atoms with E-state index >= 15 is 0 Å².